The molecule has 0 fully saturated rings. The zero-order valence-electron chi connectivity index (χ0n) is 7.71. The lowest BCUT2D eigenvalue weighted by Crippen LogP contribution is -2.23. The van der Waals surface area contributed by atoms with Crippen LogP contribution in [0.15, 0.2) is 0 Å². The van der Waals surface area contributed by atoms with Crippen molar-refractivity contribution >= 4 is 0 Å². The van der Waals surface area contributed by atoms with Crippen LogP contribution in [-0.2, 0) is 0 Å². The van der Waals surface area contributed by atoms with Crippen molar-refractivity contribution in [3.63, 3.8) is 0 Å². The van der Waals surface area contributed by atoms with Gasteiger partial charge in [-0.25, -0.2) is 0 Å². The van der Waals surface area contributed by atoms with Crippen LogP contribution in [0.25, 0.3) is 0 Å². The molecule has 0 saturated carbocycles. The van der Waals surface area contributed by atoms with E-state index in [1.54, 1.807) is 0 Å². The molecule has 0 aromatic carbocycles. The first-order valence-corrected chi connectivity index (χ1v) is 4.53. The molecule has 2 nitrogen and oxygen atoms in total. The zero-order chi connectivity index (χ0) is 8.53. The SMILES string of the molecule is CCCC[CH]N(CC)CCO. The largest absolute Gasteiger partial charge is 0.395 e. The lowest BCUT2D eigenvalue weighted by Gasteiger charge is -2.17. The molecule has 0 aliphatic rings. The van der Waals surface area contributed by atoms with E-state index < -0.39 is 0 Å². The molecular weight excluding hydrogens is 138 g/mol. The highest BCUT2D eigenvalue weighted by molar-refractivity contribution is 4.66. The first kappa shape index (κ1) is 10.9. The average molecular weight is 158 g/mol. The molecule has 11 heavy (non-hydrogen) atoms. The minimum absolute atomic E-state index is 0.260. The third kappa shape index (κ3) is 6.32. The van der Waals surface area contributed by atoms with Gasteiger partial charge >= 0.3 is 0 Å². The van der Waals surface area contributed by atoms with Crippen LogP contribution in [0.3, 0.4) is 0 Å². The van der Waals surface area contributed by atoms with E-state index in [0.717, 1.165) is 19.5 Å². The fourth-order valence-electron chi connectivity index (χ4n) is 0.985. The quantitative estimate of drug-likeness (QED) is 0.569. The molecule has 0 amide bonds. The molecule has 0 heterocycles. The third-order valence-electron chi connectivity index (χ3n) is 1.74. The van der Waals surface area contributed by atoms with Crippen LogP contribution in [0.4, 0.5) is 0 Å². The van der Waals surface area contributed by atoms with E-state index in [4.69, 9.17) is 5.11 Å². The maximum Gasteiger partial charge on any atom is 0.0558 e. The van der Waals surface area contributed by atoms with Gasteiger partial charge < -0.3 is 5.11 Å². The van der Waals surface area contributed by atoms with Gasteiger partial charge in [0.25, 0.3) is 0 Å². The fourth-order valence-corrected chi connectivity index (χ4v) is 0.985. The van der Waals surface area contributed by atoms with Gasteiger partial charge in [0.1, 0.15) is 0 Å². The smallest absolute Gasteiger partial charge is 0.0558 e. The summed E-state index contributed by atoms with van der Waals surface area (Å²) in [5, 5.41) is 8.66. The average Bonchev–Trinajstić information content (AvgIpc) is 2.03. The molecule has 0 aliphatic carbocycles. The van der Waals surface area contributed by atoms with Gasteiger partial charge in [-0.2, -0.15) is 0 Å². The van der Waals surface area contributed by atoms with Gasteiger partial charge in [-0.05, 0) is 13.0 Å². The number of aliphatic hydroxyl groups is 1. The number of rotatable bonds is 7. The predicted molar refractivity (Wildman–Crippen MR) is 48.2 cm³/mol. The molecule has 0 saturated heterocycles. The summed E-state index contributed by atoms with van der Waals surface area (Å²) in [7, 11) is 0. The van der Waals surface area contributed by atoms with Gasteiger partial charge in [-0.3, -0.25) is 4.90 Å². The number of aliphatic hydroxyl groups excluding tert-OH is 1. The van der Waals surface area contributed by atoms with E-state index in [9.17, 15) is 0 Å². The molecular formula is C9H20NO. The monoisotopic (exact) mass is 158 g/mol. The Morgan fingerprint density at radius 1 is 1.36 bits per heavy atom. The van der Waals surface area contributed by atoms with Crippen molar-refractivity contribution in [1.29, 1.82) is 0 Å². The van der Waals surface area contributed by atoms with Gasteiger partial charge in [0.05, 0.1) is 6.61 Å². The van der Waals surface area contributed by atoms with Crippen molar-refractivity contribution in [3.05, 3.63) is 6.54 Å². The van der Waals surface area contributed by atoms with Crippen LogP contribution >= 0.6 is 0 Å². The minimum Gasteiger partial charge on any atom is -0.395 e. The fraction of sp³-hybridized carbons (Fsp3) is 0.889. The molecule has 1 N–H and O–H groups in total. The summed E-state index contributed by atoms with van der Waals surface area (Å²) in [5.41, 5.74) is 0. The third-order valence-corrected chi connectivity index (χ3v) is 1.74. The first-order valence-electron chi connectivity index (χ1n) is 4.53. The molecule has 0 rings (SSSR count). The maximum absolute atomic E-state index is 8.66. The van der Waals surface area contributed by atoms with Crippen molar-refractivity contribution < 1.29 is 5.11 Å². The highest BCUT2D eigenvalue weighted by Gasteiger charge is 1.99. The summed E-state index contributed by atoms with van der Waals surface area (Å²) < 4.78 is 0. The normalized spacial score (nSPS) is 10.9. The molecule has 0 bridgehead atoms. The Balaban J connectivity index is 3.20. The van der Waals surface area contributed by atoms with Crippen LogP contribution in [0.5, 0.6) is 0 Å². The summed E-state index contributed by atoms with van der Waals surface area (Å²) in [6.07, 6.45) is 3.64. The summed E-state index contributed by atoms with van der Waals surface area (Å²) in [5.74, 6) is 0. The van der Waals surface area contributed by atoms with Crippen LogP contribution in [0, 0.1) is 6.54 Å². The number of nitrogens with zero attached hydrogens (tertiary/aromatic N) is 1. The summed E-state index contributed by atoms with van der Waals surface area (Å²) in [6, 6.07) is 0. The van der Waals surface area contributed by atoms with Gasteiger partial charge in [0, 0.05) is 13.1 Å². The second-order valence-corrected chi connectivity index (χ2v) is 2.68. The zero-order valence-corrected chi connectivity index (χ0v) is 7.71. The second-order valence-electron chi connectivity index (χ2n) is 2.68. The summed E-state index contributed by atoms with van der Waals surface area (Å²) in [6.45, 7) is 8.54. The van der Waals surface area contributed by atoms with Crippen LogP contribution in [0.2, 0.25) is 0 Å². The molecule has 2 heteroatoms. The number of likely N-dealkylation sites (N-methyl/N-ethyl adjacent to an activating group) is 1. The van der Waals surface area contributed by atoms with E-state index >= 15 is 0 Å². The molecule has 1 radical (unpaired) electrons. The van der Waals surface area contributed by atoms with E-state index in [1.807, 2.05) is 0 Å². The van der Waals surface area contributed by atoms with E-state index in [-0.39, 0.29) is 6.61 Å². The Hall–Kier alpha value is -0.0800. The Bertz CT molecular complexity index is 76.0. The van der Waals surface area contributed by atoms with Crippen LogP contribution < -0.4 is 0 Å². The summed E-state index contributed by atoms with van der Waals surface area (Å²) >= 11 is 0. The Kier molecular flexibility index (Phi) is 7.96. The topological polar surface area (TPSA) is 23.5 Å². The van der Waals surface area contributed by atoms with Gasteiger partial charge in [-0.1, -0.05) is 26.7 Å². The Labute approximate surface area is 70.2 Å². The van der Waals surface area contributed by atoms with E-state index in [1.165, 1.54) is 12.8 Å². The van der Waals surface area contributed by atoms with Crippen molar-refractivity contribution in [2.45, 2.75) is 33.1 Å². The predicted octanol–water partition coefficient (Wildman–Crippen LogP) is 1.65. The molecule has 0 aliphatic heterocycles. The molecule has 0 spiro atoms. The van der Waals surface area contributed by atoms with Gasteiger partial charge in [0.15, 0.2) is 0 Å². The minimum atomic E-state index is 0.260. The number of hydrogen-bond donors (Lipinski definition) is 1. The number of unbranched alkanes of at least 4 members (excludes halogenated alkanes) is 2. The van der Waals surface area contributed by atoms with Crippen molar-refractivity contribution in [2.24, 2.45) is 0 Å². The van der Waals surface area contributed by atoms with Crippen molar-refractivity contribution in [1.82, 2.24) is 4.90 Å². The highest BCUT2D eigenvalue weighted by Crippen LogP contribution is 2.01. The molecule has 0 aromatic rings. The first-order chi connectivity index (χ1) is 5.35. The lowest BCUT2D eigenvalue weighted by atomic mass is 10.2. The molecule has 67 valence electrons. The second kappa shape index (κ2) is 8.02. The van der Waals surface area contributed by atoms with Gasteiger partial charge in [-0.15, -0.1) is 0 Å². The molecule has 0 atom stereocenters. The van der Waals surface area contributed by atoms with Gasteiger partial charge in [0.2, 0.25) is 0 Å². The van der Waals surface area contributed by atoms with Crippen molar-refractivity contribution in [3.8, 4) is 0 Å². The number of hydrogen-bond acceptors (Lipinski definition) is 2. The van der Waals surface area contributed by atoms with Crippen LogP contribution in [0.1, 0.15) is 33.1 Å². The highest BCUT2D eigenvalue weighted by atomic mass is 16.3. The van der Waals surface area contributed by atoms with E-state index in [2.05, 4.69) is 25.3 Å². The molecule has 0 unspecified atom stereocenters. The summed E-state index contributed by atoms with van der Waals surface area (Å²) in [4.78, 5) is 2.16. The van der Waals surface area contributed by atoms with Crippen molar-refractivity contribution in [2.75, 3.05) is 19.7 Å². The standard InChI is InChI=1S/C9H20NO/c1-3-5-6-7-10(4-2)8-9-11/h7,11H,3-6,8-9H2,1-2H3. The lowest BCUT2D eigenvalue weighted by molar-refractivity contribution is 0.224. The Morgan fingerprint density at radius 2 is 2.09 bits per heavy atom. The Morgan fingerprint density at radius 3 is 2.55 bits per heavy atom. The molecule has 0 aromatic heterocycles. The maximum atomic E-state index is 8.66. The van der Waals surface area contributed by atoms with E-state index in [0.29, 0.717) is 0 Å². The van der Waals surface area contributed by atoms with Crippen LogP contribution in [-0.4, -0.2) is 29.7 Å².